The smallest absolute Gasteiger partial charge is 0.357 e. The van der Waals surface area contributed by atoms with E-state index in [0.29, 0.717) is 0 Å². The van der Waals surface area contributed by atoms with Crippen molar-refractivity contribution in [2.75, 3.05) is 0 Å². The highest BCUT2D eigenvalue weighted by Crippen LogP contribution is 2.27. The molecule has 1 amide bonds. The first-order chi connectivity index (χ1) is 6.49. The molecule has 0 bridgehead atoms. The highest BCUT2D eigenvalue weighted by molar-refractivity contribution is 9.11. The van der Waals surface area contributed by atoms with Crippen LogP contribution in [0.3, 0.4) is 0 Å². The molecule has 1 heterocycles. The predicted molar refractivity (Wildman–Crippen MR) is 54.2 cm³/mol. The molecular formula is C9H12BrNO3. The molecule has 0 aromatic rings. The van der Waals surface area contributed by atoms with Gasteiger partial charge >= 0.3 is 5.97 Å². The molecule has 1 unspecified atom stereocenters. The highest BCUT2D eigenvalue weighted by Gasteiger charge is 2.40. The third-order valence-electron chi connectivity index (χ3n) is 1.96. The van der Waals surface area contributed by atoms with E-state index in [2.05, 4.69) is 15.9 Å². The summed E-state index contributed by atoms with van der Waals surface area (Å²) in [6, 6.07) is 0. The summed E-state index contributed by atoms with van der Waals surface area (Å²) in [5.74, 6) is -0.580. The Morgan fingerprint density at radius 2 is 2.21 bits per heavy atom. The molecule has 1 fully saturated rings. The highest BCUT2D eigenvalue weighted by atomic mass is 79.9. The summed E-state index contributed by atoms with van der Waals surface area (Å²) in [6.45, 7) is 5.20. The summed E-state index contributed by atoms with van der Waals surface area (Å²) < 4.78 is 5.07. The lowest BCUT2D eigenvalue weighted by Gasteiger charge is -2.23. The first-order valence-electron chi connectivity index (χ1n) is 4.30. The van der Waals surface area contributed by atoms with E-state index in [9.17, 15) is 9.59 Å². The van der Waals surface area contributed by atoms with Gasteiger partial charge in [0, 0.05) is 17.8 Å². The van der Waals surface area contributed by atoms with Gasteiger partial charge in [-0.25, -0.2) is 4.79 Å². The second kappa shape index (κ2) is 4.13. The zero-order valence-electron chi connectivity index (χ0n) is 8.28. The van der Waals surface area contributed by atoms with Crippen LogP contribution < -0.4 is 0 Å². The lowest BCUT2D eigenvalue weighted by Crippen LogP contribution is -2.36. The number of carbonyl (C=O) groups excluding carboxylic acids is 2. The number of ether oxygens (including phenoxy) is 1. The summed E-state index contributed by atoms with van der Waals surface area (Å²) in [4.78, 5) is 25.4. The normalized spacial score (nSPS) is 24.6. The summed E-state index contributed by atoms with van der Waals surface area (Å²) in [6.07, 6.45) is -0.483. The van der Waals surface area contributed by atoms with E-state index in [1.807, 2.05) is 13.8 Å². The van der Waals surface area contributed by atoms with Crippen LogP contribution in [-0.2, 0) is 14.3 Å². The predicted octanol–water partition coefficient (Wildman–Crippen LogP) is 1.61. The van der Waals surface area contributed by atoms with Gasteiger partial charge in [0.25, 0.3) is 0 Å². The molecule has 1 rings (SSSR count). The third kappa shape index (κ3) is 1.82. The fourth-order valence-electron chi connectivity index (χ4n) is 1.34. The SMILES string of the molecule is CC(=O)N1/C(=C/Br)C(=O)OC1C(C)C. The number of carbonyl (C=O) groups is 2. The van der Waals surface area contributed by atoms with Crippen molar-refractivity contribution in [2.45, 2.75) is 27.0 Å². The molecule has 0 spiro atoms. The van der Waals surface area contributed by atoms with Crippen LogP contribution in [0.4, 0.5) is 0 Å². The van der Waals surface area contributed by atoms with E-state index in [-0.39, 0.29) is 17.5 Å². The largest absolute Gasteiger partial charge is 0.436 e. The molecule has 0 aromatic carbocycles. The minimum absolute atomic E-state index is 0.0767. The molecule has 1 aliphatic rings. The molecule has 4 nitrogen and oxygen atoms in total. The van der Waals surface area contributed by atoms with Crippen molar-refractivity contribution in [3.05, 3.63) is 10.7 Å². The number of cyclic esters (lactones) is 1. The molecule has 1 aliphatic heterocycles. The molecule has 14 heavy (non-hydrogen) atoms. The van der Waals surface area contributed by atoms with Crippen LogP contribution in [0, 0.1) is 5.92 Å². The number of amides is 1. The number of hydrogen-bond donors (Lipinski definition) is 0. The van der Waals surface area contributed by atoms with Crippen LogP contribution in [0.5, 0.6) is 0 Å². The van der Waals surface area contributed by atoms with Crippen molar-refractivity contribution in [1.82, 2.24) is 4.90 Å². The van der Waals surface area contributed by atoms with Gasteiger partial charge in [-0.3, -0.25) is 9.69 Å². The molecule has 1 atom stereocenters. The van der Waals surface area contributed by atoms with Gasteiger partial charge in [-0.1, -0.05) is 29.8 Å². The van der Waals surface area contributed by atoms with Crippen molar-refractivity contribution in [2.24, 2.45) is 5.92 Å². The van der Waals surface area contributed by atoms with Gasteiger partial charge in [-0.15, -0.1) is 0 Å². The van der Waals surface area contributed by atoms with Gasteiger partial charge in [0.1, 0.15) is 5.70 Å². The van der Waals surface area contributed by atoms with Crippen molar-refractivity contribution in [3.63, 3.8) is 0 Å². The Morgan fingerprint density at radius 3 is 2.57 bits per heavy atom. The van der Waals surface area contributed by atoms with Gasteiger partial charge in [-0.05, 0) is 0 Å². The zero-order chi connectivity index (χ0) is 10.9. The van der Waals surface area contributed by atoms with Gasteiger partial charge in [0.2, 0.25) is 5.91 Å². The second-order valence-electron chi connectivity index (χ2n) is 3.42. The second-order valence-corrected chi connectivity index (χ2v) is 3.88. The van der Waals surface area contributed by atoms with Gasteiger partial charge in [-0.2, -0.15) is 0 Å². The fraction of sp³-hybridized carbons (Fsp3) is 0.556. The molecular weight excluding hydrogens is 250 g/mol. The zero-order valence-corrected chi connectivity index (χ0v) is 9.87. The fourth-order valence-corrected chi connectivity index (χ4v) is 1.75. The van der Waals surface area contributed by atoms with E-state index < -0.39 is 12.2 Å². The number of halogens is 1. The minimum Gasteiger partial charge on any atom is -0.436 e. The molecule has 0 aliphatic carbocycles. The van der Waals surface area contributed by atoms with Crippen LogP contribution in [0.15, 0.2) is 10.7 Å². The van der Waals surface area contributed by atoms with E-state index in [0.717, 1.165) is 0 Å². The molecule has 0 N–H and O–H groups in total. The lowest BCUT2D eigenvalue weighted by molar-refractivity contribution is -0.145. The average Bonchev–Trinajstić information content (AvgIpc) is 2.42. The van der Waals surface area contributed by atoms with Crippen molar-refractivity contribution >= 4 is 27.8 Å². The van der Waals surface area contributed by atoms with Crippen LogP contribution in [0.2, 0.25) is 0 Å². The Kier molecular flexibility index (Phi) is 3.31. The Morgan fingerprint density at radius 1 is 1.64 bits per heavy atom. The van der Waals surface area contributed by atoms with Gasteiger partial charge in [0.15, 0.2) is 6.23 Å². The van der Waals surface area contributed by atoms with Gasteiger partial charge < -0.3 is 4.74 Å². The standard InChI is InChI=1S/C9H12BrNO3/c1-5(2)8-11(6(3)12)7(4-10)9(13)14-8/h4-5,8H,1-3H3/b7-4+. The summed E-state index contributed by atoms with van der Waals surface area (Å²) >= 11 is 3.05. The Bertz CT molecular complexity index is 298. The van der Waals surface area contributed by atoms with Crippen LogP contribution in [-0.4, -0.2) is 23.0 Å². The van der Waals surface area contributed by atoms with Crippen LogP contribution >= 0.6 is 15.9 Å². The van der Waals surface area contributed by atoms with Crippen molar-refractivity contribution in [1.29, 1.82) is 0 Å². The molecule has 0 saturated carbocycles. The minimum atomic E-state index is -0.483. The molecule has 78 valence electrons. The summed E-state index contributed by atoms with van der Waals surface area (Å²) in [7, 11) is 0. The monoisotopic (exact) mass is 261 g/mol. The maximum atomic E-state index is 11.3. The van der Waals surface area contributed by atoms with Crippen LogP contribution in [0.1, 0.15) is 20.8 Å². The number of nitrogens with zero attached hydrogens (tertiary/aromatic N) is 1. The van der Waals surface area contributed by atoms with Crippen molar-refractivity contribution in [3.8, 4) is 0 Å². The third-order valence-corrected chi connectivity index (χ3v) is 2.40. The van der Waals surface area contributed by atoms with E-state index in [4.69, 9.17) is 4.74 Å². The maximum absolute atomic E-state index is 11.3. The molecule has 5 heteroatoms. The Labute approximate surface area is 91.0 Å². The quantitative estimate of drug-likeness (QED) is 0.532. The van der Waals surface area contributed by atoms with Gasteiger partial charge in [0.05, 0.1) is 0 Å². The number of rotatable bonds is 1. The lowest BCUT2D eigenvalue weighted by atomic mass is 10.2. The Hall–Kier alpha value is -0.840. The maximum Gasteiger partial charge on any atom is 0.357 e. The topological polar surface area (TPSA) is 46.6 Å². The number of hydrogen-bond acceptors (Lipinski definition) is 3. The summed E-state index contributed by atoms with van der Waals surface area (Å²) in [5, 5.41) is 0. The van der Waals surface area contributed by atoms with Crippen molar-refractivity contribution < 1.29 is 14.3 Å². The molecule has 0 aromatic heterocycles. The van der Waals surface area contributed by atoms with E-state index >= 15 is 0 Å². The van der Waals surface area contributed by atoms with E-state index in [1.165, 1.54) is 16.8 Å². The summed E-state index contributed by atoms with van der Waals surface area (Å²) in [5.41, 5.74) is 0.260. The first kappa shape index (κ1) is 11.2. The van der Waals surface area contributed by atoms with E-state index in [1.54, 1.807) is 0 Å². The Balaban J connectivity index is 3.03. The first-order valence-corrected chi connectivity index (χ1v) is 5.21. The number of esters is 1. The molecule has 1 saturated heterocycles. The average molecular weight is 262 g/mol. The molecule has 0 radical (unpaired) electrons. The van der Waals surface area contributed by atoms with Crippen LogP contribution in [0.25, 0.3) is 0 Å².